The second kappa shape index (κ2) is 5.30. The highest BCUT2D eigenvalue weighted by Crippen LogP contribution is 2.32. The van der Waals surface area contributed by atoms with Crippen LogP contribution in [0.5, 0.6) is 0 Å². The van der Waals surface area contributed by atoms with Gasteiger partial charge in [0.1, 0.15) is 0 Å². The predicted octanol–water partition coefficient (Wildman–Crippen LogP) is 4.53. The van der Waals surface area contributed by atoms with Crippen LogP contribution in [0.1, 0.15) is 28.4 Å². The molecule has 4 heteroatoms. The lowest BCUT2D eigenvalue weighted by molar-refractivity contribution is 0.0698. The van der Waals surface area contributed by atoms with Gasteiger partial charge in [-0.3, -0.25) is 0 Å². The summed E-state index contributed by atoms with van der Waals surface area (Å²) < 4.78 is 0. The fourth-order valence-electron chi connectivity index (χ4n) is 2.55. The van der Waals surface area contributed by atoms with Gasteiger partial charge in [-0.15, -0.1) is 11.3 Å². The first-order chi connectivity index (χ1) is 10.1. The Balaban J connectivity index is 2.39. The van der Waals surface area contributed by atoms with E-state index in [9.17, 15) is 9.90 Å². The Morgan fingerprint density at radius 2 is 2.14 bits per heavy atom. The molecule has 21 heavy (non-hydrogen) atoms. The van der Waals surface area contributed by atoms with E-state index < -0.39 is 5.97 Å². The van der Waals surface area contributed by atoms with Crippen LogP contribution in [0, 0.1) is 6.92 Å². The third-order valence-electron chi connectivity index (χ3n) is 3.67. The number of aryl methyl sites for hydroxylation is 1. The van der Waals surface area contributed by atoms with Crippen LogP contribution in [0.15, 0.2) is 35.7 Å². The molecule has 3 rings (SSSR count). The minimum atomic E-state index is -0.897. The van der Waals surface area contributed by atoms with Crippen molar-refractivity contribution in [2.24, 2.45) is 0 Å². The molecule has 106 valence electrons. The van der Waals surface area contributed by atoms with Crippen molar-refractivity contribution in [2.45, 2.75) is 20.3 Å². The second-order valence-electron chi connectivity index (χ2n) is 4.95. The third kappa shape index (κ3) is 2.32. The molecule has 0 atom stereocenters. The highest BCUT2D eigenvalue weighted by atomic mass is 32.1. The molecule has 0 fully saturated rings. The fourth-order valence-corrected chi connectivity index (χ4v) is 3.33. The van der Waals surface area contributed by atoms with Gasteiger partial charge in [0, 0.05) is 5.39 Å². The van der Waals surface area contributed by atoms with E-state index in [4.69, 9.17) is 0 Å². The van der Waals surface area contributed by atoms with E-state index in [1.165, 1.54) is 0 Å². The highest BCUT2D eigenvalue weighted by Gasteiger charge is 2.18. The van der Waals surface area contributed by atoms with Gasteiger partial charge in [0.15, 0.2) is 0 Å². The van der Waals surface area contributed by atoms with E-state index >= 15 is 0 Å². The van der Waals surface area contributed by atoms with E-state index in [0.29, 0.717) is 5.56 Å². The number of hydrogen-bond acceptors (Lipinski definition) is 3. The molecule has 0 radical (unpaired) electrons. The molecule has 0 bridgehead atoms. The van der Waals surface area contributed by atoms with Crippen LogP contribution < -0.4 is 0 Å². The van der Waals surface area contributed by atoms with Crippen molar-refractivity contribution in [1.29, 1.82) is 0 Å². The Morgan fingerprint density at radius 1 is 1.33 bits per heavy atom. The molecule has 0 aliphatic rings. The van der Waals surface area contributed by atoms with Gasteiger partial charge in [-0.2, -0.15) is 0 Å². The maximum absolute atomic E-state index is 11.7. The maximum atomic E-state index is 11.7. The lowest BCUT2D eigenvalue weighted by atomic mass is 9.98. The average Bonchev–Trinajstić information content (AvgIpc) is 2.99. The largest absolute Gasteiger partial charge is 0.478 e. The fraction of sp³-hybridized carbons (Fsp3) is 0.176. The normalized spacial score (nSPS) is 11.0. The number of carboxylic acids is 1. The van der Waals surface area contributed by atoms with Gasteiger partial charge in [-0.05, 0) is 48.1 Å². The zero-order chi connectivity index (χ0) is 15.0. The number of aromatic carboxylic acids is 1. The standard InChI is InChI=1S/C17H15NO2S/c1-3-11-6-7-13-12(9-11)15(17(19)20)10(2)16(18-13)14-5-4-8-21-14/h4-9H,3H2,1-2H3,(H,19,20). The number of aromatic nitrogens is 1. The van der Waals surface area contributed by atoms with Crippen LogP contribution in [0.25, 0.3) is 21.5 Å². The van der Waals surface area contributed by atoms with Crippen molar-refractivity contribution in [3.8, 4) is 10.6 Å². The first-order valence-electron chi connectivity index (χ1n) is 6.82. The number of carboxylic acid groups (broad SMARTS) is 1. The summed E-state index contributed by atoms with van der Waals surface area (Å²) in [4.78, 5) is 17.4. The molecule has 2 heterocycles. The number of pyridine rings is 1. The molecule has 0 amide bonds. The van der Waals surface area contributed by atoms with E-state index in [2.05, 4.69) is 11.9 Å². The molecule has 1 aromatic carbocycles. The predicted molar refractivity (Wildman–Crippen MR) is 86.1 cm³/mol. The Hall–Kier alpha value is -2.20. The Morgan fingerprint density at radius 3 is 2.76 bits per heavy atom. The van der Waals surface area contributed by atoms with Crippen molar-refractivity contribution < 1.29 is 9.90 Å². The van der Waals surface area contributed by atoms with E-state index in [0.717, 1.165) is 39.0 Å². The first kappa shape index (κ1) is 13.8. The molecular formula is C17H15NO2S. The second-order valence-corrected chi connectivity index (χ2v) is 5.90. The van der Waals surface area contributed by atoms with E-state index in [-0.39, 0.29) is 0 Å². The Labute approximate surface area is 126 Å². The van der Waals surface area contributed by atoms with Crippen molar-refractivity contribution in [1.82, 2.24) is 4.98 Å². The number of rotatable bonds is 3. The molecule has 0 saturated carbocycles. The van der Waals surface area contributed by atoms with Crippen molar-refractivity contribution in [2.75, 3.05) is 0 Å². The third-order valence-corrected chi connectivity index (χ3v) is 4.55. The summed E-state index contributed by atoms with van der Waals surface area (Å²) in [5, 5.41) is 12.3. The summed E-state index contributed by atoms with van der Waals surface area (Å²) in [6.07, 6.45) is 0.876. The number of thiophene rings is 1. The van der Waals surface area contributed by atoms with Crippen LogP contribution >= 0.6 is 11.3 Å². The summed E-state index contributed by atoms with van der Waals surface area (Å²) >= 11 is 1.57. The van der Waals surface area contributed by atoms with E-state index in [1.54, 1.807) is 11.3 Å². The quantitative estimate of drug-likeness (QED) is 0.772. The van der Waals surface area contributed by atoms with Crippen LogP contribution in [0.3, 0.4) is 0 Å². The zero-order valence-corrected chi connectivity index (χ0v) is 12.7. The van der Waals surface area contributed by atoms with Gasteiger partial charge in [-0.1, -0.05) is 19.1 Å². The Bertz CT molecular complexity index is 822. The van der Waals surface area contributed by atoms with Crippen LogP contribution in [-0.2, 0) is 6.42 Å². The molecule has 0 aliphatic heterocycles. The van der Waals surface area contributed by atoms with Gasteiger partial charge in [0.25, 0.3) is 0 Å². The molecule has 0 saturated heterocycles. The van der Waals surface area contributed by atoms with Gasteiger partial charge in [0.05, 0.1) is 21.7 Å². The first-order valence-corrected chi connectivity index (χ1v) is 7.70. The number of hydrogen-bond donors (Lipinski definition) is 1. The van der Waals surface area contributed by atoms with Gasteiger partial charge in [-0.25, -0.2) is 9.78 Å². The van der Waals surface area contributed by atoms with Crippen molar-refractivity contribution >= 4 is 28.2 Å². The summed E-state index contributed by atoms with van der Waals surface area (Å²) in [5.74, 6) is -0.897. The number of carbonyl (C=O) groups is 1. The summed E-state index contributed by atoms with van der Waals surface area (Å²) in [7, 11) is 0. The lowest BCUT2D eigenvalue weighted by Gasteiger charge is -2.11. The molecule has 0 spiro atoms. The van der Waals surface area contributed by atoms with Crippen LogP contribution in [0.4, 0.5) is 0 Å². The molecular weight excluding hydrogens is 282 g/mol. The molecule has 2 aromatic heterocycles. The topological polar surface area (TPSA) is 50.2 Å². The summed E-state index contributed by atoms with van der Waals surface area (Å²) in [6.45, 7) is 3.89. The molecule has 3 aromatic rings. The van der Waals surface area contributed by atoms with Gasteiger partial charge >= 0.3 is 5.97 Å². The average molecular weight is 297 g/mol. The maximum Gasteiger partial charge on any atom is 0.336 e. The summed E-state index contributed by atoms with van der Waals surface area (Å²) in [5.41, 5.74) is 3.71. The van der Waals surface area contributed by atoms with E-state index in [1.807, 2.05) is 42.6 Å². The number of nitrogens with zero attached hydrogens (tertiary/aromatic N) is 1. The van der Waals surface area contributed by atoms with Crippen molar-refractivity contribution in [3.05, 3.63) is 52.4 Å². The SMILES string of the molecule is CCc1ccc2nc(-c3cccs3)c(C)c(C(=O)O)c2c1. The zero-order valence-electron chi connectivity index (χ0n) is 11.9. The number of benzene rings is 1. The molecule has 0 aliphatic carbocycles. The molecule has 1 N–H and O–H groups in total. The van der Waals surface area contributed by atoms with Crippen LogP contribution in [0.2, 0.25) is 0 Å². The Kier molecular flexibility index (Phi) is 3.47. The summed E-state index contributed by atoms with van der Waals surface area (Å²) in [6, 6.07) is 9.78. The minimum Gasteiger partial charge on any atom is -0.478 e. The molecule has 0 unspecified atom stereocenters. The monoisotopic (exact) mass is 297 g/mol. The minimum absolute atomic E-state index is 0.360. The number of fused-ring (bicyclic) bond motifs is 1. The highest BCUT2D eigenvalue weighted by molar-refractivity contribution is 7.13. The van der Waals surface area contributed by atoms with Crippen LogP contribution in [-0.4, -0.2) is 16.1 Å². The van der Waals surface area contributed by atoms with Gasteiger partial charge in [0.2, 0.25) is 0 Å². The smallest absolute Gasteiger partial charge is 0.336 e. The molecule has 3 nitrogen and oxygen atoms in total. The van der Waals surface area contributed by atoms with Gasteiger partial charge < -0.3 is 5.11 Å². The van der Waals surface area contributed by atoms with Crippen molar-refractivity contribution in [3.63, 3.8) is 0 Å². The lowest BCUT2D eigenvalue weighted by Crippen LogP contribution is -2.05.